The minimum atomic E-state index is 0.254. The first-order chi connectivity index (χ1) is 7.35. The molecule has 3 atom stereocenters. The van der Waals surface area contributed by atoms with Gasteiger partial charge in [-0.05, 0) is 36.5 Å². The van der Waals surface area contributed by atoms with Crippen molar-refractivity contribution < 1.29 is 5.11 Å². The van der Waals surface area contributed by atoms with Crippen molar-refractivity contribution in [2.45, 2.75) is 66.0 Å². The van der Waals surface area contributed by atoms with E-state index in [2.05, 4.69) is 39.9 Å². The Bertz CT molecular complexity index is 213. The molecule has 1 aliphatic carbocycles. The van der Waals surface area contributed by atoms with Gasteiger partial charge in [0, 0.05) is 12.1 Å². The summed E-state index contributed by atoms with van der Waals surface area (Å²) in [6.45, 7) is 11.7. The minimum absolute atomic E-state index is 0.254. The molecule has 0 saturated heterocycles. The van der Waals surface area contributed by atoms with Crippen molar-refractivity contribution in [1.82, 2.24) is 5.32 Å². The van der Waals surface area contributed by atoms with Gasteiger partial charge in [0.15, 0.2) is 0 Å². The van der Waals surface area contributed by atoms with Crippen molar-refractivity contribution in [2.75, 3.05) is 6.61 Å². The Morgan fingerprint density at radius 3 is 2.44 bits per heavy atom. The molecule has 1 aliphatic rings. The zero-order valence-electron chi connectivity index (χ0n) is 11.6. The Morgan fingerprint density at radius 1 is 1.38 bits per heavy atom. The van der Waals surface area contributed by atoms with Crippen molar-refractivity contribution in [3.63, 3.8) is 0 Å². The Balaban J connectivity index is 2.49. The van der Waals surface area contributed by atoms with Gasteiger partial charge >= 0.3 is 0 Å². The van der Waals surface area contributed by atoms with Crippen molar-refractivity contribution in [3.05, 3.63) is 0 Å². The zero-order valence-corrected chi connectivity index (χ0v) is 11.6. The third-order valence-corrected chi connectivity index (χ3v) is 4.12. The van der Waals surface area contributed by atoms with Crippen LogP contribution in [0.1, 0.15) is 53.9 Å². The average Bonchev–Trinajstić information content (AvgIpc) is 2.15. The van der Waals surface area contributed by atoms with Crippen molar-refractivity contribution in [2.24, 2.45) is 17.3 Å². The Hall–Kier alpha value is -0.0800. The summed E-state index contributed by atoms with van der Waals surface area (Å²) in [4.78, 5) is 0. The fourth-order valence-electron chi connectivity index (χ4n) is 2.93. The molecule has 0 bridgehead atoms. The van der Waals surface area contributed by atoms with Crippen LogP contribution in [0.3, 0.4) is 0 Å². The first kappa shape index (κ1) is 14.0. The van der Waals surface area contributed by atoms with Crippen LogP contribution in [0, 0.1) is 17.3 Å². The zero-order chi connectivity index (χ0) is 12.3. The van der Waals surface area contributed by atoms with Crippen molar-refractivity contribution in [1.29, 1.82) is 0 Å². The molecule has 2 heteroatoms. The van der Waals surface area contributed by atoms with Gasteiger partial charge in [-0.15, -0.1) is 0 Å². The lowest BCUT2D eigenvalue weighted by atomic mass is 9.70. The van der Waals surface area contributed by atoms with E-state index < -0.39 is 0 Å². The Morgan fingerprint density at radius 2 is 2.00 bits per heavy atom. The van der Waals surface area contributed by atoms with Gasteiger partial charge in [-0.3, -0.25) is 0 Å². The molecule has 2 N–H and O–H groups in total. The third-order valence-electron chi connectivity index (χ3n) is 4.12. The summed E-state index contributed by atoms with van der Waals surface area (Å²) in [5.74, 6) is 1.23. The summed E-state index contributed by atoms with van der Waals surface area (Å²) in [5, 5.41) is 13.0. The predicted molar refractivity (Wildman–Crippen MR) is 69.4 cm³/mol. The molecule has 96 valence electrons. The second kappa shape index (κ2) is 5.50. The van der Waals surface area contributed by atoms with Gasteiger partial charge < -0.3 is 10.4 Å². The van der Waals surface area contributed by atoms with Crippen LogP contribution in [0.15, 0.2) is 0 Å². The van der Waals surface area contributed by atoms with Gasteiger partial charge in [-0.2, -0.15) is 0 Å². The lowest BCUT2D eigenvalue weighted by molar-refractivity contribution is 0.118. The van der Waals surface area contributed by atoms with E-state index in [1.54, 1.807) is 0 Å². The third kappa shape index (κ3) is 3.74. The SMILES string of the molecule is CC1CC(C)(C)CCC1N[C@H](CO)C(C)C. The highest BCUT2D eigenvalue weighted by molar-refractivity contribution is 4.88. The highest BCUT2D eigenvalue weighted by Gasteiger charge is 2.33. The van der Waals surface area contributed by atoms with E-state index in [0.717, 1.165) is 5.92 Å². The van der Waals surface area contributed by atoms with E-state index in [-0.39, 0.29) is 12.6 Å². The highest BCUT2D eigenvalue weighted by Crippen LogP contribution is 2.38. The van der Waals surface area contributed by atoms with Crippen LogP contribution in [0.4, 0.5) is 0 Å². The summed E-state index contributed by atoms with van der Waals surface area (Å²) < 4.78 is 0. The van der Waals surface area contributed by atoms with Crippen molar-refractivity contribution >= 4 is 0 Å². The van der Waals surface area contributed by atoms with Crippen LogP contribution in [0.5, 0.6) is 0 Å². The fourth-order valence-corrected chi connectivity index (χ4v) is 2.93. The molecule has 0 radical (unpaired) electrons. The molecular weight excluding hydrogens is 198 g/mol. The molecule has 0 aliphatic heterocycles. The molecule has 0 aromatic heterocycles. The van der Waals surface area contributed by atoms with Crippen molar-refractivity contribution in [3.8, 4) is 0 Å². The molecule has 0 aromatic rings. The van der Waals surface area contributed by atoms with E-state index in [9.17, 15) is 5.11 Å². The first-order valence-electron chi connectivity index (χ1n) is 6.72. The molecule has 0 heterocycles. The van der Waals surface area contributed by atoms with Crippen LogP contribution in [-0.4, -0.2) is 23.8 Å². The standard InChI is InChI=1S/C14H29NO/c1-10(2)13(9-16)15-12-6-7-14(4,5)8-11(12)3/h10-13,15-16H,6-9H2,1-5H3/t11?,12?,13-/m1/s1. The molecule has 1 saturated carbocycles. The van der Waals surface area contributed by atoms with Gasteiger partial charge in [0.25, 0.3) is 0 Å². The van der Waals surface area contributed by atoms with Gasteiger partial charge in [-0.25, -0.2) is 0 Å². The van der Waals surface area contributed by atoms with E-state index in [1.165, 1.54) is 19.3 Å². The topological polar surface area (TPSA) is 32.3 Å². The maximum Gasteiger partial charge on any atom is 0.0587 e. The Kier molecular flexibility index (Phi) is 4.81. The number of aliphatic hydroxyl groups is 1. The molecule has 0 spiro atoms. The summed E-state index contributed by atoms with van der Waals surface area (Å²) in [5.41, 5.74) is 0.504. The monoisotopic (exact) mass is 227 g/mol. The summed E-state index contributed by atoms with van der Waals surface area (Å²) in [6.07, 6.45) is 3.84. The quantitative estimate of drug-likeness (QED) is 0.774. The lowest BCUT2D eigenvalue weighted by Gasteiger charge is -2.41. The number of aliphatic hydroxyl groups excluding tert-OH is 1. The molecule has 0 aromatic carbocycles. The van der Waals surface area contributed by atoms with E-state index in [1.807, 2.05) is 0 Å². The molecular formula is C14H29NO. The minimum Gasteiger partial charge on any atom is -0.395 e. The highest BCUT2D eigenvalue weighted by atomic mass is 16.3. The fraction of sp³-hybridized carbons (Fsp3) is 1.00. The predicted octanol–water partition coefficient (Wildman–Crippen LogP) is 2.81. The van der Waals surface area contributed by atoms with Crippen LogP contribution >= 0.6 is 0 Å². The second-order valence-corrected chi connectivity index (χ2v) is 6.69. The second-order valence-electron chi connectivity index (χ2n) is 6.69. The number of hydrogen-bond donors (Lipinski definition) is 2. The summed E-state index contributed by atoms with van der Waals surface area (Å²) in [6, 6.07) is 0.848. The Labute approximate surface area is 101 Å². The summed E-state index contributed by atoms with van der Waals surface area (Å²) in [7, 11) is 0. The molecule has 2 unspecified atom stereocenters. The lowest BCUT2D eigenvalue weighted by Crippen LogP contribution is -2.49. The number of hydrogen-bond acceptors (Lipinski definition) is 2. The molecule has 1 fully saturated rings. The van der Waals surface area contributed by atoms with E-state index in [4.69, 9.17) is 0 Å². The smallest absolute Gasteiger partial charge is 0.0587 e. The van der Waals surface area contributed by atoms with Crippen LogP contribution in [-0.2, 0) is 0 Å². The average molecular weight is 227 g/mol. The maximum atomic E-state index is 9.35. The van der Waals surface area contributed by atoms with Crippen LogP contribution < -0.4 is 5.32 Å². The van der Waals surface area contributed by atoms with Gasteiger partial charge in [0.05, 0.1) is 6.61 Å². The van der Waals surface area contributed by atoms with E-state index in [0.29, 0.717) is 17.4 Å². The normalized spacial score (nSPS) is 31.7. The number of rotatable bonds is 4. The number of nitrogens with one attached hydrogen (secondary N) is 1. The van der Waals surface area contributed by atoms with Crippen LogP contribution in [0.25, 0.3) is 0 Å². The molecule has 16 heavy (non-hydrogen) atoms. The van der Waals surface area contributed by atoms with E-state index >= 15 is 0 Å². The largest absolute Gasteiger partial charge is 0.395 e. The van der Waals surface area contributed by atoms with Gasteiger partial charge in [0.2, 0.25) is 0 Å². The van der Waals surface area contributed by atoms with Gasteiger partial charge in [0.1, 0.15) is 0 Å². The molecule has 2 nitrogen and oxygen atoms in total. The summed E-state index contributed by atoms with van der Waals surface area (Å²) >= 11 is 0. The molecule has 0 amide bonds. The molecule has 1 rings (SSSR count). The maximum absolute atomic E-state index is 9.35. The van der Waals surface area contributed by atoms with Gasteiger partial charge in [-0.1, -0.05) is 34.6 Å². The first-order valence-corrected chi connectivity index (χ1v) is 6.72. The van der Waals surface area contributed by atoms with Crippen LogP contribution in [0.2, 0.25) is 0 Å².